The molecule has 0 atom stereocenters. The van der Waals surface area contributed by atoms with E-state index in [1.54, 1.807) is 12.1 Å². The van der Waals surface area contributed by atoms with Gasteiger partial charge in [0.25, 0.3) is 0 Å². The third-order valence-electron chi connectivity index (χ3n) is 2.60. The van der Waals surface area contributed by atoms with Crippen LogP contribution in [0.3, 0.4) is 0 Å². The molecule has 0 saturated carbocycles. The normalized spacial score (nSPS) is 11.0. The van der Waals surface area contributed by atoms with Crippen LogP contribution in [-0.2, 0) is 0 Å². The maximum atomic E-state index is 14.0. The molecule has 0 N–H and O–H groups in total. The predicted molar refractivity (Wildman–Crippen MR) is 60.2 cm³/mol. The molecule has 0 aromatic heterocycles. The predicted octanol–water partition coefficient (Wildman–Crippen LogP) is 3.93. The van der Waals surface area contributed by atoms with Gasteiger partial charge in [-0.15, -0.1) is 0 Å². The Morgan fingerprint density at radius 2 is 1.20 bits per heavy atom. The monoisotopic (exact) mass is 195 g/mol. The summed E-state index contributed by atoms with van der Waals surface area (Å²) >= 11 is 0. The van der Waals surface area contributed by atoms with E-state index < -0.39 is 0 Å². The van der Waals surface area contributed by atoms with Gasteiger partial charge in [0, 0.05) is 10.8 Å². The first-order valence-electron chi connectivity index (χ1n) is 4.84. The second-order valence-corrected chi connectivity index (χ2v) is 3.53. The SMILES string of the molecule is Fc1c2ccccc2[c]c2ccccc12. The number of fused-ring (bicyclic) bond motifs is 2. The van der Waals surface area contributed by atoms with Gasteiger partial charge < -0.3 is 0 Å². The van der Waals surface area contributed by atoms with Crippen LogP contribution in [0, 0.1) is 11.9 Å². The van der Waals surface area contributed by atoms with E-state index in [9.17, 15) is 4.39 Å². The molecule has 0 nitrogen and oxygen atoms in total. The molecule has 0 unspecified atom stereocenters. The Morgan fingerprint density at radius 1 is 0.733 bits per heavy atom. The smallest absolute Gasteiger partial charge is 0.138 e. The number of benzene rings is 3. The van der Waals surface area contributed by atoms with E-state index in [0.29, 0.717) is 10.8 Å². The summed E-state index contributed by atoms with van der Waals surface area (Å²) in [6.07, 6.45) is 0. The highest BCUT2D eigenvalue weighted by molar-refractivity contribution is 5.98. The lowest BCUT2D eigenvalue weighted by atomic mass is 10.0. The summed E-state index contributed by atoms with van der Waals surface area (Å²) in [5.41, 5.74) is 0. The van der Waals surface area contributed by atoms with Crippen molar-refractivity contribution in [2.24, 2.45) is 0 Å². The maximum Gasteiger partial charge on any atom is 0.138 e. The Balaban J connectivity index is 2.60. The molecule has 0 aliphatic heterocycles. The second-order valence-electron chi connectivity index (χ2n) is 3.53. The molecular formula is C14H8F. The molecular weight excluding hydrogens is 187 g/mol. The Bertz CT molecular complexity index is 587. The fourth-order valence-electron chi connectivity index (χ4n) is 1.86. The largest absolute Gasteiger partial charge is 0.206 e. The van der Waals surface area contributed by atoms with Crippen LogP contribution >= 0.6 is 0 Å². The lowest BCUT2D eigenvalue weighted by Crippen LogP contribution is -1.83. The van der Waals surface area contributed by atoms with Crippen LogP contribution in [0.15, 0.2) is 48.5 Å². The molecule has 0 heterocycles. The topological polar surface area (TPSA) is 0 Å². The van der Waals surface area contributed by atoms with Crippen LogP contribution in [0.4, 0.5) is 4.39 Å². The van der Waals surface area contributed by atoms with Gasteiger partial charge in [-0.2, -0.15) is 0 Å². The Morgan fingerprint density at radius 3 is 1.73 bits per heavy atom. The van der Waals surface area contributed by atoms with Crippen LogP contribution in [0.2, 0.25) is 0 Å². The molecule has 0 aliphatic rings. The van der Waals surface area contributed by atoms with Crippen molar-refractivity contribution < 1.29 is 4.39 Å². The van der Waals surface area contributed by atoms with E-state index in [-0.39, 0.29) is 5.82 Å². The fourth-order valence-corrected chi connectivity index (χ4v) is 1.86. The molecule has 0 saturated heterocycles. The molecule has 3 rings (SSSR count). The van der Waals surface area contributed by atoms with Crippen LogP contribution in [0.25, 0.3) is 21.5 Å². The van der Waals surface area contributed by atoms with E-state index in [0.717, 1.165) is 10.8 Å². The van der Waals surface area contributed by atoms with Gasteiger partial charge in [-0.3, -0.25) is 0 Å². The standard InChI is InChI=1S/C14H8F/c15-14-12-7-3-1-5-10(12)9-11-6-2-4-8-13(11)14/h1-8H. The van der Waals surface area contributed by atoms with Gasteiger partial charge in [-0.1, -0.05) is 48.5 Å². The van der Waals surface area contributed by atoms with Gasteiger partial charge in [0.2, 0.25) is 0 Å². The maximum absolute atomic E-state index is 14.0. The highest BCUT2D eigenvalue weighted by Gasteiger charge is 2.05. The van der Waals surface area contributed by atoms with Crippen molar-refractivity contribution in [3.8, 4) is 0 Å². The summed E-state index contributed by atoms with van der Waals surface area (Å²) in [7, 11) is 0. The van der Waals surface area contributed by atoms with E-state index in [4.69, 9.17) is 0 Å². The molecule has 1 radical (unpaired) electrons. The van der Waals surface area contributed by atoms with Gasteiger partial charge in [-0.25, -0.2) is 4.39 Å². The zero-order valence-corrected chi connectivity index (χ0v) is 8.00. The third kappa shape index (κ3) is 1.20. The minimum atomic E-state index is -0.153. The Hall–Kier alpha value is -1.89. The summed E-state index contributed by atoms with van der Waals surface area (Å²) in [5.74, 6) is -0.153. The average molecular weight is 195 g/mol. The van der Waals surface area contributed by atoms with Crippen LogP contribution in [0.5, 0.6) is 0 Å². The average Bonchev–Trinajstić information content (AvgIpc) is 2.30. The molecule has 0 amide bonds. The van der Waals surface area contributed by atoms with Crippen molar-refractivity contribution >= 4 is 21.5 Å². The molecule has 15 heavy (non-hydrogen) atoms. The van der Waals surface area contributed by atoms with Gasteiger partial charge in [0.05, 0.1) is 0 Å². The van der Waals surface area contributed by atoms with Crippen molar-refractivity contribution in [1.29, 1.82) is 0 Å². The summed E-state index contributed by atoms with van der Waals surface area (Å²) < 4.78 is 14.0. The lowest BCUT2D eigenvalue weighted by Gasteiger charge is -2.03. The molecule has 1 heteroatoms. The zero-order valence-electron chi connectivity index (χ0n) is 8.00. The molecule has 71 valence electrons. The quantitative estimate of drug-likeness (QED) is 0.477. The van der Waals surface area contributed by atoms with Crippen molar-refractivity contribution in [2.75, 3.05) is 0 Å². The van der Waals surface area contributed by atoms with Crippen LogP contribution < -0.4 is 0 Å². The van der Waals surface area contributed by atoms with Crippen LogP contribution in [-0.4, -0.2) is 0 Å². The Labute approximate surface area is 87.0 Å². The first-order chi connectivity index (χ1) is 7.36. The van der Waals surface area contributed by atoms with Gasteiger partial charge >= 0.3 is 0 Å². The Kier molecular flexibility index (Phi) is 1.72. The van der Waals surface area contributed by atoms with Gasteiger partial charge in [0.1, 0.15) is 5.82 Å². The van der Waals surface area contributed by atoms with Gasteiger partial charge in [0.15, 0.2) is 0 Å². The minimum absolute atomic E-state index is 0.153. The first-order valence-corrected chi connectivity index (χ1v) is 4.84. The summed E-state index contributed by atoms with van der Waals surface area (Å²) in [6.45, 7) is 0. The van der Waals surface area contributed by atoms with Crippen LogP contribution in [0.1, 0.15) is 0 Å². The summed E-state index contributed by atoms with van der Waals surface area (Å²) in [4.78, 5) is 0. The van der Waals surface area contributed by atoms with Gasteiger partial charge in [-0.05, 0) is 16.8 Å². The fraction of sp³-hybridized carbons (Fsp3) is 0. The molecule has 0 aliphatic carbocycles. The number of hydrogen-bond donors (Lipinski definition) is 0. The van der Waals surface area contributed by atoms with E-state index in [2.05, 4.69) is 6.07 Å². The first kappa shape index (κ1) is 8.42. The summed E-state index contributed by atoms with van der Waals surface area (Å²) in [5, 5.41) is 2.93. The molecule has 3 aromatic rings. The third-order valence-corrected chi connectivity index (χ3v) is 2.60. The molecule has 0 fully saturated rings. The number of rotatable bonds is 0. The van der Waals surface area contributed by atoms with Crippen molar-refractivity contribution in [1.82, 2.24) is 0 Å². The van der Waals surface area contributed by atoms with Crippen molar-refractivity contribution in [2.45, 2.75) is 0 Å². The lowest BCUT2D eigenvalue weighted by molar-refractivity contribution is 0.651. The van der Waals surface area contributed by atoms with Crippen molar-refractivity contribution in [3.05, 3.63) is 60.4 Å². The second kappa shape index (κ2) is 3.06. The van der Waals surface area contributed by atoms with E-state index in [1.807, 2.05) is 36.4 Å². The zero-order chi connectivity index (χ0) is 10.3. The van der Waals surface area contributed by atoms with E-state index in [1.165, 1.54) is 0 Å². The highest BCUT2D eigenvalue weighted by atomic mass is 19.1. The number of hydrogen-bond acceptors (Lipinski definition) is 0. The van der Waals surface area contributed by atoms with E-state index >= 15 is 0 Å². The molecule has 3 aromatic carbocycles. The summed E-state index contributed by atoms with van der Waals surface area (Å²) in [6, 6.07) is 18.0. The van der Waals surface area contributed by atoms with Crippen molar-refractivity contribution in [3.63, 3.8) is 0 Å². The number of halogens is 1. The minimum Gasteiger partial charge on any atom is -0.206 e. The highest BCUT2D eigenvalue weighted by Crippen LogP contribution is 2.25. The molecule has 0 spiro atoms. The molecule has 0 bridgehead atoms.